The lowest BCUT2D eigenvalue weighted by Gasteiger charge is -2.15. The highest BCUT2D eigenvalue weighted by atomic mass is 35.5. The van der Waals surface area contributed by atoms with Crippen LogP contribution in [0.2, 0.25) is 10.0 Å². The van der Waals surface area contributed by atoms with E-state index in [1.165, 1.54) is 11.3 Å². The van der Waals surface area contributed by atoms with Gasteiger partial charge in [-0.2, -0.15) is 4.52 Å². The third kappa shape index (κ3) is 3.70. The minimum absolute atomic E-state index is 0.167. The molecule has 0 spiro atoms. The van der Waals surface area contributed by atoms with E-state index in [-0.39, 0.29) is 6.04 Å². The third-order valence-electron chi connectivity index (χ3n) is 3.90. The SMILES string of the molecule is CCC(C)C(N)c1nnc2sc(SCc3ccc(Cl)c(Cl)c3)nn12. The summed E-state index contributed by atoms with van der Waals surface area (Å²) in [4.78, 5) is 0.764. The minimum atomic E-state index is -0.167. The molecule has 3 aromatic rings. The number of aromatic nitrogens is 4. The monoisotopic (exact) mass is 401 g/mol. The molecule has 2 heterocycles. The van der Waals surface area contributed by atoms with Gasteiger partial charge in [-0.1, -0.05) is 72.6 Å². The molecule has 0 amide bonds. The molecule has 2 N–H and O–H groups in total. The summed E-state index contributed by atoms with van der Waals surface area (Å²) in [5.74, 6) is 1.80. The fourth-order valence-electron chi connectivity index (χ4n) is 2.16. The summed E-state index contributed by atoms with van der Waals surface area (Å²) in [6.45, 7) is 4.22. The molecule has 24 heavy (non-hydrogen) atoms. The Labute approximate surface area is 158 Å². The van der Waals surface area contributed by atoms with Crippen molar-refractivity contribution in [2.24, 2.45) is 11.7 Å². The molecule has 0 aliphatic rings. The summed E-state index contributed by atoms with van der Waals surface area (Å²) >= 11 is 15.1. The number of hydrogen-bond acceptors (Lipinski definition) is 6. The highest BCUT2D eigenvalue weighted by Gasteiger charge is 2.21. The molecule has 2 aromatic heterocycles. The predicted molar refractivity (Wildman–Crippen MR) is 101 cm³/mol. The molecule has 128 valence electrons. The van der Waals surface area contributed by atoms with Crippen LogP contribution in [0.1, 0.15) is 37.7 Å². The van der Waals surface area contributed by atoms with Crippen LogP contribution in [0.3, 0.4) is 0 Å². The maximum absolute atomic E-state index is 6.27. The van der Waals surface area contributed by atoms with Crippen LogP contribution in [0.15, 0.2) is 22.5 Å². The van der Waals surface area contributed by atoms with Gasteiger partial charge >= 0.3 is 0 Å². The quantitative estimate of drug-likeness (QED) is 0.598. The van der Waals surface area contributed by atoms with Gasteiger partial charge < -0.3 is 5.73 Å². The molecule has 9 heteroatoms. The smallest absolute Gasteiger partial charge is 0.235 e. The van der Waals surface area contributed by atoms with Crippen LogP contribution in [0.5, 0.6) is 0 Å². The number of halogens is 2. The second-order valence-corrected chi connectivity index (χ2v) is 8.56. The molecule has 2 unspecified atom stereocenters. The lowest BCUT2D eigenvalue weighted by atomic mass is 10.00. The number of thioether (sulfide) groups is 1. The topological polar surface area (TPSA) is 69.1 Å². The lowest BCUT2D eigenvalue weighted by Crippen LogP contribution is -2.21. The first-order valence-corrected chi connectivity index (χ1v) is 10.1. The zero-order valence-electron chi connectivity index (χ0n) is 13.2. The second kappa shape index (κ2) is 7.58. The standard InChI is InChI=1S/C15H17Cl2N5S2/c1-3-8(2)12(18)13-19-20-14-22(13)21-15(24-14)23-7-9-4-5-10(16)11(17)6-9/h4-6,8,12H,3,7,18H2,1-2H3. The molecule has 0 fully saturated rings. The van der Waals surface area contributed by atoms with Crippen molar-refractivity contribution in [3.05, 3.63) is 39.6 Å². The summed E-state index contributed by atoms with van der Waals surface area (Å²) in [5.41, 5.74) is 7.37. The van der Waals surface area contributed by atoms with Crippen LogP contribution in [0.25, 0.3) is 4.96 Å². The summed E-state index contributed by atoms with van der Waals surface area (Å²) in [5, 5.41) is 14.1. The van der Waals surface area contributed by atoms with E-state index in [1.54, 1.807) is 16.3 Å². The molecule has 0 aliphatic carbocycles. The van der Waals surface area contributed by atoms with E-state index in [1.807, 2.05) is 18.2 Å². The summed E-state index contributed by atoms with van der Waals surface area (Å²) < 4.78 is 2.68. The molecule has 0 saturated carbocycles. The van der Waals surface area contributed by atoms with Crippen molar-refractivity contribution < 1.29 is 0 Å². The summed E-state index contributed by atoms with van der Waals surface area (Å²) in [7, 11) is 0. The Balaban J connectivity index is 1.76. The average molecular weight is 402 g/mol. The maximum atomic E-state index is 6.27. The Hall–Kier alpha value is -0.860. The van der Waals surface area contributed by atoms with Gasteiger partial charge in [-0.25, -0.2) is 0 Å². The molecule has 0 aliphatic heterocycles. The second-order valence-electron chi connectivity index (χ2n) is 5.57. The number of nitrogens with two attached hydrogens (primary N) is 1. The van der Waals surface area contributed by atoms with Crippen molar-refractivity contribution in [2.45, 2.75) is 36.4 Å². The molecule has 5 nitrogen and oxygen atoms in total. The van der Waals surface area contributed by atoms with Crippen LogP contribution in [0.4, 0.5) is 0 Å². The Bertz CT molecular complexity index is 848. The Kier molecular flexibility index (Phi) is 5.66. The van der Waals surface area contributed by atoms with Crippen molar-refractivity contribution in [3.63, 3.8) is 0 Å². The first kappa shape index (κ1) is 17.9. The Morgan fingerprint density at radius 3 is 2.79 bits per heavy atom. The number of fused-ring (bicyclic) bond motifs is 1. The van der Waals surface area contributed by atoms with Crippen molar-refractivity contribution in [3.8, 4) is 0 Å². The highest BCUT2D eigenvalue weighted by molar-refractivity contribution is 8.00. The molecule has 0 bridgehead atoms. The first-order chi connectivity index (χ1) is 11.5. The molecular formula is C15H17Cl2N5S2. The molecule has 1 aromatic carbocycles. The molecular weight excluding hydrogens is 385 g/mol. The maximum Gasteiger partial charge on any atom is 0.235 e. The average Bonchev–Trinajstić information content (AvgIpc) is 3.14. The van der Waals surface area contributed by atoms with Gasteiger partial charge in [0.05, 0.1) is 16.1 Å². The van der Waals surface area contributed by atoms with Crippen molar-refractivity contribution in [2.75, 3.05) is 0 Å². The molecule has 0 radical (unpaired) electrons. The zero-order chi connectivity index (χ0) is 17.3. The number of rotatable bonds is 6. The van der Waals surface area contributed by atoms with Crippen molar-refractivity contribution in [1.29, 1.82) is 0 Å². The number of benzene rings is 1. The van der Waals surface area contributed by atoms with Crippen LogP contribution in [0, 0.1) is 5.92 Å². The third-order valence-corrected chi connectivity index (χ3v) is 6.74. The van der Waals surface area contributed by atoms with Crippen molar-refractivity contribution in [1.82, 2.24) is 19.8 Å². The van der Waals surface area contributed by atoms with Crippen LogP contribution in [-0.2, 0) is 5.75 Å². The summed E-state index contributed by atoms with van der Waals surface area (Å²) in [6.07, 6.45) is 0.985. The van der Waals surface area contributed by atoms with Gasteiger partial charge in [0.1, 0.15) is 0 Å². The molecule has 0 saturated heterocycles. The van der Waals surface area contributed by atoms with Crippen molar-refractivity contribution >= 4 is 51.3 Å². The summed E-state index contributed by atoms with van der Waals surface area (Å²) in [6, 6.07) is 5.48. The minimum Gasteiger partial charge on any atom is -0.321 e. The van der Waals surface area contributed by atoms with Gasteiger partial charge in [-0.05, 0) is 23.6 Å². The van der Waals surface area contributed by atoms with Crippen LogP contribution < -0.4 is 5.73 Å². The van der Waals surface area contributed by atoms with Gasteiger partial charge in [0, 0.05) is 5.75 Å². The van der Waals surface area contributed by atoms with E-state index in [9.17, 15) is 0 Å². The predicted octanol–water partition coefficient (Wildman–Crippen LogP) is 4.83. The van der Waals surface area contributed by atoms with Gasteiger partial charge in [-0.15, -0.1) is 15.3 Å². The van der Waals surface area contributed by atoms with E-state index in [2.05, 4.69) is 29.1 Å². The normalized spacial score (nSPS) is 14.2. The number of hydrogen-bond donors (Lipinski definition) is 1. The van der Waals surface area contributed by atoms with Gasteiger partial charge in [0.15, 0.2) is 10.2 Å². The van der Waals surface area contributed by atoms with Gasteiger partial charge in [0.2, 0.25) is 4.96 Å². The molecule has 3 rings (SSSR count). The zero-order valence-corrected chi connectivity index (χ0v) is 16.4. The Morgan fingerprint density at radius 2 is 2.08 bits per heavy atom. The van der Waals surface area contributed by atoms with E-state index in [0.717, 1.165) is 32.9 Å². The van der Waals surface area contributed by atoms with Gasteiger partial charge in [0.25, 0.3) is 0 Å². The van der Waals surface area contributed by atoms with Crippen LogP contribution >= 0.6 is 46.3 Å². The fraction of sp³-hybridized carbons (Fsp3) is 0.400. The van der Waals surface area contributed by atoms with Gasteiger partial charge in [-0.3, -0.25) is 0 Å². The Morgan fingerprint density at radius 1 is 1.29 bits per heavy atom. The van der Waals surface area contributed by atoms with E-state index in [4.69, 9.17) is 28.9 Å². The first-order valence-electron chi connectivity index (χ1n) is 7.54. The fourth-order valence-corrected chi connectivity index (χ4v) is 4.31. The lowest BCUT2D eigenvalue weighted by molar-refractivity contribution is 0.431. The number of nitrogens with zero attached hydrogens (tertiary/aromatic N) is 4. The van der Waals surface area contributed by atoms with E-state index >= 15 is 0 Å². The van der Waals surface area contributed by atoms with E-state index < -0.39 is 0 Å². The van der Waals surface area contributed by atoms with Crippen LogP contribution in [-0.4, -0.2) is 19.8 Å². The molecule has 2 atom stereocenters. The van der Waals surface area contributed by atoms with E-state index in [0.29, 0.717) is 16.0 Å². The largest absolute Gasteiger partial charge is 0.321 e. The highest BCUT2D eigenvalue weighted by Crippen LogP contribution is 2.31.